The van der Waals surface area contributed by atoms with Gasteiger partial charge in [-0.05, 0) is 41.0 Å². The number of hydrogen-bond donors (Lipinski definition) is 2. The minimum Gasteiger partial charge on any atom is -0.493 e. The fraction of sp³-hybridized carbons (Fsp3) is 0.286. The first-order chi connectivity index (χ1) is 17.4. The van der Waals surface area contributed by atoms with E-state index in [4.69, 9.17) is 21.1 Å². The van der Waals surface area contributed by atoms with Crippen LogP contribution in [0.4, 0.5) is 0 Å². The highest BCUT2D eigenvalue weighted by molar-refractivity contribution is 6.30. The van der Waals surface area contributed by atoms with Crippen molar-refractivity contribution >= 4 is 23.4 Å². The minimum absolute atomic E-state index is 0.0620. The molecule has 0 spiro atoms. The molecule has 0 aliphatic carbocycles. The number of carbonyl (C=O) groups is 2. The number of aliphatic hydroxyl groups is 1. The van der Waals surface area contributed by atoms with Crippen molar-refractivity contribution in [1.29, 1.82) is 0 Å². The molecule has 190 valence electrons. The maximum absolute atomic E-state index is 13.7. The van der Waals surface area contributed by atoms with Crippen molar-refractivity contribution in [3.05, 3.63) is 94.5 Å². The zero-order chi connectivity index (χ0) is 25.9. The van der Waals surface area contributed by atoms with Crippen molar-refractivity contribution in [2.75, 3.05) is 27.4 Å². The lowest BCUT2D eigenvalue weighted by atomic mass is 10.0. The van der Waals surface area contributed by atoms with Gasteiger partial charge in [-0.15, -0.1) is 0 Å². The number of amides is 2. The van der Waals surface area contributed by atoms with Gasteiger partial charge in [0.2, 0.25) is 11.8 Å². The van der Waals surface area contributed by atoms with Gasteiger partial charge in [-0.25, -0.2) is 0 Å². The highest BCUT2D eigenvalue weighted by atomic mass is 35.5. The number of benzene rings is 3. The molecule has 0 fully saturated rings. The van der Waals surface area contributed by atoms with E-state index >= 15 is 0 Å². The molecule has 3 aromatic rings. The van der Waals surface area contributed by atoms with Crippen LogP contribution >= 0.6 is 11.6 Å². The van der Waals surface area contributed by atoms with E-state index in [9.17, 15) is 14.7 Å². The van der Waals surface area contributed by atoms with E-state index in [-0.39, 0.29) is 37.9 Å². The molecule has 0 saturated heterocycles. The van der Waals surface area contributed by atoms with Gasteiger partial charge in [0, 0.05) is 24.5 Å². The Morgan fingerprint density at radius 1 is 0.917 bits per heavy atom. The summed E-state index contributed by atoms with van der Waals surface area (Å²) in [6.45, 7) is 0.122. The van der Waals surface area contributed by atoms with Crippen molar-refractivity contribution in [2.24, 2.45) is 0 Å². The first kappa shape index (κ1) is 27.0. The molecule has 36 heavy (non-hydrogen) atoms. The molecule has 0 bridgehead atoms. The van der Waals surface area contributed by atoms with Crippen LogP contribution in [-0.4, -0.2) is 55.2 Å². The third kappa shape index (κ3) is 7.47. The Hall–Kier alpha value is -3.55. The lowest BCUT2D eigenvalue weighted by Crippen LogP contribution is -2.51. The molecule has 0 aliphatic heterocycles. The highest BCUT2D eigenvalue weighted by Gasteiger charge is 2.30. The number of rotatable bonds is 12. The molecule has 3 rings (SSSR count). The zero-order valence-electron chi connectivity index (χ0n) is 20.4. The number of nitrogens with zero attached hydrogens (tertiary/aromatic N) is 1. The van der Waals surface area contributed by atoms with Crippen molar-refractivity contribution < 1.29 is 24.2 Å². The van der Waals surface area contributed by atoms with Gasteiger partial charge in [-0.3, -0.25) is 9.59 Å². The summed E-state index contributed by atoms with van der Waals surface area (Å²) in [6, 6.07) is 21.2. The molecule has 0 saturated carbocycles. The van der Waals surface area contributed by atoms with Gasteiger partial charge < -0.3 is 24.8 Å². The molecule has 0 heterocycles. The number of aliphatic hydroxyl groups excluding tert-OH is 1. The summed E-state index contributed by atoms with van der Waals surface area (Å²) in [6.07, 6.45) is 0.385. The monoisotopic (exact) mass is 510 g/mol. The standard InChI is InChI=1S/C28H31ClN2O5/c1-35-25-13-10-22(17-26(25)36-2)18-27(33)31(19-21-8-11-23(29)12-9-21)24(28(34)30-14-15-32)16-20-6-4-3-5-7-20/h3-13,17,24,32H,14-16,18-19H2,1-2H3,(H,30,34)/t24-/m0/s1. The number of carbonyl (C=O) groups excluding carboxylic acids is 2. The maximum Gasteiger partial charge on any atom is 0.243 e. The van der Waals surface area contributed by atoms with E-state index in [2.05, 4.69) is 5.32 Å². The summed E-state index contributed by atoms with van der Waals surface area (Å²) in [5.74, 6) is 0.533. The summed E-state index contributed by atoms with van der Waals surface area (Å²) in [4.78, 5) is 28.6. The largest absolute Gasteiger partial charge is 0.493 e. The Morgan fingerprint density at radius 2 is 1.58 bits per heavy atom. The predicted molar refractivity (Wildman–Crippen MR) is 139 cm³/mol. The molecule has 0 aliphatic rings. The van der Waals surface area contributed by atoms with Crippen molar-refractivity contribution in [3.8, 4) is 11.5 Å². The fourth-order valence-electron chi connectivity index (χ4n) is 3.90. The van der Waals surface area contributed by atoms with E-state index in [0.717, 1.165) is 16.7 Å². The molecule has 3 aromatic carbocycles. The van der Waals surface area contributed by atoms with E-state index in [1.807, 2.05) is 42.5 Å². The van der Waals surface area contributed by atoms with Crippen LogP contribution in [0.25, 0.3) is 0 Å². The first-order valence-electron chi connectivity index (χ1n) is 11.6. The van der Waals surface area contributed by atoms with Crippen molar-refractivity contribution in [2.45, 2.75) is 25.4 Å². The van der Waals surface area contributed by atoms with Gasteiger partial charge in [0.15, 0.2) is 11.5 Å². The van der Waals surface area contributed by atoms with Gasteiger partial charge in [-0.2, -0.15) is 0 Å². The SMILES string of the molecule is COc1ccc(CC(=O)N(Cc2ccc(Cl)cc2)[C@@H](Cc2ccccc2)C(=O)NCCO)cc1OC. The Labute approximate surface area is 216 Å². The summed E-state index contributed by atoms with van der Waals surface area (Å²) in [5.41, 5.74) is 2.49. The Balaban J connectivity index is 1.96. The second-order valence-corrected chi connectivity index (χ2v) is 8.67. The minimum atomic E-state index is -0.790. The third-order valence-corrected chi connectivity index (χ3v) is 6.00. The summed E-state index contributed by atoms with van der Waals surface area (Å²) >= 11 is 6.06. The molecule has 0 radical (unpaired) electrons. The zero-order valence-corrected chi connectivity index (χ0v) is 21.2. The average molecular weight is 511 g/mol. The van der Waals surface area contributed by atoms with E-state index in [1.165, 1.54) is 7.11 Å². The van der Waals surface area contributed by atoms with Crippen LogP contribution in [0.2, 0.25) is 5.02 Å². The molecular formula is C28H31ClN2O5. The van der Waals surface area contributed by atoms with Crippen molar-refractivity contribution in [1.82, 2.24) is 10.2 Å². The maximum atomic E-state index is 13.7. The van der Waals surface area contributed by atoms with E-state index in [0.29, 0.717) is 22.9 Å². The van der Waals surface area contributed by atoms with Gasteiger partial charge in [0.25, 0.3) is 0 Å². The Kier molecular flexibility index (Phi) is 10.2. The van der Waals surface area contributed by atoms with Crippen LogP contribution in [0, 0.1) is 0 Å². The summed E-state index contributed by atoms with van der Waals surface area (Å²) in [5, 5.41) is 12.6. The molecular weight excluding hydrogens is 480 g/mol. The molecule has 0 aromatic heterocycles. The van der Waals surface area contributed by atoms with E-state index in [1.54, 1.807) is 42.3 Å². The molecule has 1 atom stereocenters. The van der Waals surface area contributed by atoms with Gasteiger partial charge in [-0.1, -0.05) is 60.1 Å². The quantitative estimate of drug-likeness (QED) is 0.388. The van der Waals surface area contributed by atoms with Crippen LogP contribution in [0.1, 0.15) is 16.7 Å². The number of halogens is 1. The second kappa shape index (κ2) is 13.5. The molecule has 0 unspecified atom stereocenters. The van der Waals surface area contributed by atoms with Gasteiger partial charge in [0.05, 0.1) is 27.2 Å². The van der Waals surface area contributed by atoms with Crippen molar-refractivity contribution in [3.63, 3.8) is 0 Å². The predicted octanol–water partition coefficient (Wildman–Crippen LogP) is 3.65. The van der Waals surface area contributed by atoms with Crippen LogP contribution in [0.5, 0.6) is 11.5 Å². The van der Waals surface area contributed by atoms with Crippen LogP contribution in [-0.2, 0) is 29.0 Å². The number of ether oxygens (including phenoxy) is 2. The topological polar surface area (TPSA) is 88.1 Å². The normalized spacial score (nSPS) is 11.4. The Bertz CT molecular complexity index is 1140. The molecule has 2 N–H and O–H groups in total. The smallest absolute Gasteiger partial charge is 0.243 e. The lowest BCUT2D eigenvalue weighted by Gasteiger charge is -2.31. The van der Waals surface area contributed by atoms with Crippen LogP contribution in [0.15, 0.2) is 72.8 Å². The molecule has 2 amide bonds. The summed E-state index contributed by atoms with van der Waals surface area (Å²) in [7, 11) is 3.09. The highest BCUT2D eigenvalue weighted by Crippen LogP contribution is 2.28. The average Bonchev–Trinajstić information content (AvgIpc) is 2.90. The fourth-order valence-corrected chi connectivity index (χ4v) is 4.03. The van der Waals surface area contributed by atoms with Gasteiger partial charge in [0.1, 0.15) is 6.04 Å². The van der Waals surface area contributed by atoms with Crippen LogP contribution < -0.4 is 14.8 Å². The van der Waals surface area contributed by atoms with Gasteiger partial charge >= 0.3 is 0 Å². The Morgan fingerprint density at radius 3 is 2.22 bits per heavy atom. The first-order valence-corrected chi connectivity index (χ1v) is 12.0. The number of hydrogen-bond acceptors (Lipinski definition) is 5. The van der Waals surface area contributed by atoms with E-state index < -0.39 is 6.04 Å². The second-order valence-electron chi connectivity index (χ2n) is 8.23. The van der Waals surface area contributed by atoms with Crippen LogP contribution in [0.3, 0.4) is 0 Å². The summed E-state index contributed by atoms with van der Waals surface area (Å²) < 4.78 is 10.7. The number of methoxy groups -OCH3 is 2. The molecule has 8 heteroatoms. The number of nitrogens with one attached hydrogen (secondary N) is 1. The lowest BCUT2D eigenvalue weighted by molar-refractivity contribution is -0.140. The molecule has 7 nitrogen and oxygen atoms in total. The third-order valence-electron chi connectivity index (χ3n) is 5.75.